The predicted octanol–water partition coefficient (Wildman–Crippen LogP) is 9.53. The Hall–Kier alpha value is -1.48. The highest BCUT2D eigenvalue weighted by molar-refractivity contribution is 5.69. The summed E-state index contributed by atoms with van der Waals surface area (Å²) in [6.07, 6.45) is 29.1. The molecule has 0 heterocycles. The van der Waals surface area contributed by atoms with Gasteiger partial charge >= 0.3 is 11.9 Å². The standard InChI is InChI=1S/C43H80O8/c1-4-5-20-26-36(44)30-31-39-38(40(46)32-41(39)47)27-22-18-19-24-29-43(49)51-34-37(45)33-50-42(48)28-23-17-15-13-11-9-7-6-8-10-12-14-16-21-25-35(2)3/h30-31,35-41,44-47H,4-29,32-34H2,1-3H3/b31-30+/t36-,37-,38+,39+,40-,41+/m0/s1. The first-order chi connectivity index (χ1) is 24.6. The van der Waals surface area contributed by atoms with Gasteiger partial charge in [-0.05, 0) is 37.5 Å². The fourth-order valence-electron chi connectivity index (χ4n) is 7.25. The maximum atomic E-state index is 12.1. The normalized spacial score (nSPS) is 20.3. The third-order valence-electron chi connectivity index (χ3n) is 10.5. The number of hydrogen-bond acceptors (Lipinski definition) is 8. The molecule has 8 heteroatoms. The number of aliphatic hydroxyl groups is 4. The predicted molar refractivity (Wildman–Crippen MR) is 207 cm³/mol. The van der Waals surface area contributed by atoms with E-state index in [1.54, 1.807) is 6.08 Å². The quantitative estimate of drug-likeness (QED) is 0.0293. The Morgan fingerprint density at radius 2 is 1.08 bits per heavy atom. The molecule has 0 spiro atoms. The first-order valence-corrected chi connectivity index (χ1v) is 21.4. The number of hydrogen-bond donors (Lipinski definition) is 4. The second kappa shape index (κ2) is 32.0. The van der Waals surface area contributed by atoms with Crippen LogP contribution in [0.2, 0.25) is 0 Å². The van der Waals surface area contributed by atoms with Crippen LogP contribution in [0.25, 0.3) is 0 Å². The minimum atomic E-state index is -1.03. The fraction of sp³-hybridized carbons (Fsp3) is 0.907. The second-order valence-corrected chi connectivity index (χ2v) is 15.9. The van der Waals surface area contributed by atoms with Crippen molar-refractivity contribution in [2.24, 2.45) is 17.8 Å². The molecule has 0 unspecified atom stereocenters. The third-order valence-corrected chi connectivity index (χ3v) is 10.5. The number of ether oxygens (including phenoxy) is 2. The maximum absolute atomic E-state index is 12.1. The van der Waals surface area contributed by atoms with Gasteiger partial charge in [-0.2, -0.15) is 0 Å². The van der Waals surface area contributed by atoms with Gasteiger partial charge in [0.05, 0.1) is 18.3 Å². The van der Waals surface area contributed by atoms with Crippen molar-refractivity contribution in [1.29, 1.82) is 0 Å². The molecule has 0 aliphatic heterocycles. The average Bonchev–Trinajstić information content (AvgIpc) is 3.37. The van der Waals surface area contributed by atoms with Gasteiger partial charge in [-0.3, -0.25) is 9.59 Å². The monoisotopic (exact) mass is 725 g/mol. The Balaban J connectivity index is 1.97. The van der Waals surface area contributed by atoms with Crippen LogP contribution in [-0.2, 0) is 19.1 Å². The summed E-state index contributed by atoms with van der Waals surface area (Å²) in [7, 11) is 0. The molecule has 0 bridgehead atoms. The Morgan fingerprint density at radius 1 is 0.627 bits per heavy atom. The largest absolute Gasteiger partial charge is 0.463 e. The Kier molecular flexibility index (Phi) is 29.8. The highest BCUT2D eigenvalue weighted by Crippen LogP contribution is 2.37. The van der Waals surface area contributed by atoms with Crippen molar-refractivity contribution < 1.29 is 39.5 Å². The smallest absolute Gasteiger partial charge is 0.305 e. The summed E-state index contributed by atoms with van der Waals surface area (Å²) < 4.78 is 10.3. The SMILES string of the molecule is CCCCC[C@H](O)/C=C/[C@@H]1[C@@H](CCCCCCC(=O)OC[C@@H](O)COC(=O)CCCCCCCCCCCCCCCCC(C)C)[C@@H](O)C[C@H]1O. The molecule has 1 aliphatic carbocycles. The van der Waals surface area contributed by atoms with Crippen LogP contribution in [0.3, 0.4) is 0 Å². The van der Waals surface area contributed by atoms with Crippen molar-refractivity contribution in [2.45, 2.75) is 219 Å². The minimum absolute atomic E-state index is 0.0296. The van der Waals surface area contributed by atoms with Crippen LogP contribution in [0.5, 0.6) is 0 Å². The molecule has 1 rings (SSSR count). The van der Waals surface area contributed by atoms with E-state index in [9.17, 15) is 30.0 Å². The van der Waals surface area contributed by atoms with E-state index in [1.807, 2.05) is 6.08 Å². The molecule has 0 aromatic carbocycles. The van der Waals surface area contributed by atoms with Gasteiger partial charge in [-0.1, -0.05) is 161 Å². The van der Waals surface area contributed by atoms with Gasteiger partial charge < -0.3 is 29.9 Å². The lowest BCUT2D eigenvalue weighted by Crippen LogP contribution is -2.25. The van der Waals surface area contributed by atoms with Gasteiger partial charge in [-0.25, -0.2) is 0 Å². The molecular weight excluding hydrogens is 644 g/mol. The van der Waals surface area contributed by atoms with E-state index in [0.717, 1.165) is 70.1 Å². The van der Waals surface area contributed by atoms with Crippen LogP contribution in [-0.4, -0.2) is 70.0 Å². The van der Waals surface area contributed by atoms with E-state index in [1.165, 1.54) is 77.0 Å². The second-order valence-electron chi connectivity index (χ2n) is 15.9. The molecule has 300 valence electrons. The lowest BCUT2D eigenvalue weighted by molar-refractivity contribution is -0.152. The van der Waals surface area contributed by atoms with Gasteiger partial charge in [0.2, 0.25) is 0 Å². The Morgan fingerprint density at radius 3 is 1.57 bits per heavy atom. The molecule has 0 saturated heterocycles. The number of esters is 2. The molecule has 0 radical (unpaired) electrons. The molecule has 0 aromatic rings. The molecule has 51 heavy (non-hydrogen) atoms. The van der Waals surface area contributed by atoms with Gasteiger partial charge in [0.25, 0.3) is 0 Å². The first kappa shape index (κ1) is 47.5. The van der Waals surface area contributed by atoms with E-state index in [-0.39, 0.29) is 43.4 Å². The number of rotatable bonds is 34. The summed E-state index contributed by atoms with van der Waals surface area (Å²) in [4.78, 5) is 24.1. The van der Waals surface area contributed by atoms with E-state index < -0.39 is 24.4 Å². The van der Waals surface area contributed by atoms with Crippen molar-refractivity contribution in [2.75, 3.05) is 13.2 Å². The van der Waals surface area contributed by atoms with Crippen molar-refractivity contribution in [1.82, 2.24) is 0 Å². The van der Waals surface area contributed by atoms with Crippen molar-refractivity contribution in [3.63, 3.8) is 0 Å². The molecule has 0 aromatic heterocycles. The van der Waals surface area contributed by atoms with E-state index in [2.05, 4.69) is 20.8 Å². The van der Waals surface area contributed by atoms with Gasteiger partial charge in [0, 0.05) is 25.2 Å². The number of carbonyl (C=O) groups excluding carboxylic acids is 2. The summed E-state index contributed by atoms with van der Waals surface area (Å²) in [5.41, 5.74) is 0. The van der Waals surface area contributed by atoms with Crippen LogP contribution in [0.1, 0.15) is 194 Å². The zero-order valence-electron chi connectivity index (χ0n) is 33.1. The fourth-order valence-corrected chi connectivity index (χ4v) is 7.25. The summed E-state index contributed by atoms with van der Waals surface area (Å²) in [6.45, 7) is 6.39. The van der Waals surface area contributed by atoms with Gasteiger partial charge in [0.15, 0.2) is 0 Å². The average molecular weight is 725 g/mol. The maximum Gasteiger partial charge on any atom is 0.305 e. The van der Waals surface area contributed by atoms with Crippen LogP contribution < -0.4 is 0 Å². The molecule has 6 atom stereocenters. The number of aliphatic hydroxyl groups excluding tert-OH is 4. The molecule has 1 saturated carbocycles. The third kappa shape index (κ3) is 26.9. The summed E-state index contributed by atoms with van der Waals surface area (Å²) in [5, 5.41) is 41.2. The highest BCUT2D eigenvalue weighted by atomic mass is 16.6. The summed E-state index contributed by atoms with van der Waals surface area (Å²) in [6, 6.07) is 0. The summed E-state index contributed by atoms with van der Waals surface area (Å²) >= 11 is 0. The topological polar surface area (TPSA) is 134 Å². The molecule has 1 aliphatic rings. The van der Waals surface area contributed by atoms with Crippen LogP contribution in [0.15, 0.2) is 12.2 Å². The van der Waals surface area contributed by atoms with Crippen molar-refractivity contribution in [3.05, 3.63) is 12.2 Å². The lowest BCUT2D eigenvalue weighted by Gasteiger charge is -2.21. The first-order valence-electron chi connectivity index (χ1n) is 21.4. The summed E-state index contributed by atoms with van der Waals surface area (Å²) in [5.74, 6) is -0.0303. The van der Waals surface area contributed by atoms with E-state index in [4.69, 9.17) is 9.47 Å². The number of carbonyl (C=O) groups is 2. The van der Waals surface area contributed by atoms with Gasteiger partial charge in [-0.15, -0.1) is 0 Å². The zero-order chi connectivity index (χ0) is 37.5. The number of unbranched alkanes of at least 4 members (excludes halogenated alkanes) is 18. The van der Waals surface area contributed by atoms with Crippen LogP contribution in [0, 0.1) is 17.8 Å². The highest BCUT2D eigenvalue weighted by Gasteiger charge is 2.39. The van der Waals surface area contributed by atoms with Gasteiger partial charge in [0.1, 0.15) is 19.3 Å². The van der Waals surface area contributed by atoms with Crippen molar-refractivity contribution in [3.8, 4) is 0 Å². The molecule has 1 fully saturated rings. The molecular formula is C43H80O8. The molecule has 4 N–H and O–H groups in total. The van der Waals surface area contributed by atoms with Crippen molar-refractivity contribution >= 4 is 11.9 Å². The van der Waals surface area contributed by atoms with E-state index >= 15 is 0 Å². The Labute approximate surface area is 312 Å². The van der Waals surface area contributed by atoms with Crippen LogP contribution >= 0.6 is 0 Å². The lowest BCUT2D eigenvalue weighted by atomic mass is 9.88. The zero-order valence-corrected chi connectivity index (χ0v) is 33.1. The van der Waals surface area contributed by atoms with E-state index in [0.29, 0.717) is 25.7 Å². The minimum Gasteiger partial charge on any atom is -0.463 e. The van der Waals surface area contributed by atoms with Crippen LogP contribution in [0.4, 0.5) is 0 Å². The molecule has 0 amide bonds. The Bertz CT molecular complexity index is 861. The molecule has 8 nitrogen and oxygen atoms in total.